The van der Waals surface area contributed by atoms with Crippen molar-refractivity contribution in [2.75, 3.05) is 24.6 Å². The molecule has 88 valence electrons. The van der Waals surface area contributed by atoms with Crippen LogP contribution in [0, 0.1) is 5.82 Å². The number of hydrogen-bond acceptors (Lipinski definition) is 3. The van der Waals surface area contributed by atoms with Gasteiger partial charge in [0.15, 0.2) is 11.6 Å². The number of hydrogen-bond donors (Lipinski definition) is 0. The summed E-state index contributed by atoms with van der Waals surface area (Å²) >= 11 is 0. The molecule has 3 nitrogen and oxygen atoms in total. The molecule has 1 aromatic heterocycles. The number of halogens is 1. The van der Waals surface area contributed by atoms with Gasteiger partial charge in [-0.2, -0.15) is 0 Å². The Labute approximate surface area is 95.2 Å². The van der Waals surface area contributed by atoms with E-state index in [-0.39, 0.29) is 5.82 Å². The average Bonchev–Trinajstić information content (AvgIpc) is 2.80. The second-order valence-corrected chi connectivity index (χ2v) is 4.02. The number of anilines is 1. The summed E-state index contributed by atoms with van der Waals surface area (Å²) in [5, 5.41) is 0. The third kappa shape index (κ3) is 2.43. The molecule has 16 heavy (non-hydrogen) atoms. The maximum absolute atomic E-state index is 13.7. The quantitative estimate of drug-likeness (QED) is 0.786. The molecule has 0 bridgehead atoms. The SMILES string of the molecule is CCCOc1cnc(N2CCCC2)c(F)c1. The predicted octanol–water partition coefficient (Wildman–Crippen LogP) is 2.61. The van der Waals surface area contributed by atoms with E-state index in [1.165, 1.54) is 6.07 Å². The van der Waals surface area contributed by atoms with Gasteiger partial charge < -0.3 is 9.64 Å². The van der Waals surface area contributed by atoms with Crippen molar-refractivity contribution in [3.63, 3.8) is 0 Å². The van der Waals surface area contributed by atoms with Crippen molar-refractivity contribution in [3.05, 3.63) is 18.1 Å². The summed E-state index contributed by atoms with van der Waals surface area (Å²) in [6, 6.07) is 1.43. The topological polar surface area (TPSA) is 25.4 Å². The first-order chi connectivity index (χ1) is 7.81. The maximum atomic E-state index is 13.7. The lowest BCUT2D eigenvalue weighted by Gasteiger charge is -2.17. The summed E-state index contributed by atoms with van der Waals surface area (Å²) < 4.78 is 19.1. The third-order valence-corrected chi connectivity index (χ3v) is 2.68. The minimum atomic E-state index is -0.282. The molecule has 1 fully saturated rings. The molecule has 1 aliphatic heterocycles. The van der Waals surface area contributed by atoms with E-state index in [0.29, 0.717) is 18.2 Å². The predicted molar refractivity (Wildman–Crippen MR) is 61.4 cm³/mol. The smallest absolute Gasteiger partial charge is 0.169 e. The highest BCUT2D eigenvalue weighted by atomic mass is 19.1. The van der Waals surface area contributed by atoms with E-state index in [0.717, 1.165) is 32.4 Å². The standard InChI is InChI=1S/C12H17FN2O/c1-2-7-16-10-8-11(13)12(14-9-10)15-5-3-4-6-15/h8-9H,2-7H2,1H3. The first-order valence-electron chi connectivity index (χ1n) is 5.84. The highest BCUT2D eigenvalue weighted by molar-refractivity contribution is 5.43. The van der Waals surface area contributed by atoms with Crippen molar-refractivity contribution in [3.8, 4) is 5.75 Å². The van der Waals surface area contributed by atoms with Crippen LogP contribution in [-0.4, -0.2) is 24.7 Å². The molecule has 1 saturated heterocycles. The Morgan fingerprint density at radius 2 is 2.19 bits per heavy atom. The van der Waals surface area contributed by atoms with Crippen LogP contribution in [0.4, 0.5) is 10.2 Å². The minimum Gasteiger partial charge on any atom is -0.492 e. The molecule has 0 spiro atoms. The van der Waals surface area contributed by atoms with Crippen molar-refractivity contribution >= 4 is 5.82 Å². The molecule has 0 radical (unpaired) electrons. The van der Waals surface area contributed by atoms with Gasteiger partial charge in [-0.3, -0.25) is 0 Å². The molecule has 0 amide bonds. The Bertz CT molecular complexity index is 351. The molecule has 2 heterocycles. The number of nitrogens with zero attached hydrogens (tertiary/aromatic N) is 2. The van der Waals surface area contributed by atoms with E-state index in [9.17, 15) is 4.39 Å². The number of aromatic nitrogens is 1. The third-order valence-electron chi connectivity index (χ3n) is 2.68. The van der Waals surface area contributed by atoms with E-state index < -0.39 is 0 Å². The normalized spacial score (nSPS) is 15.5. The number of rotatable bonds is 4. The van der Waals surface area contributed by atoms with Crippen LogP contribution in [0.15, 0.2) is 12.3 Å². The lowest BCUT2D eigenvalue weighted by molar-refractivity contribution is 0.314. The molecule has 0 N–H and O–H groups in total. The molecule has 0 saturated carbocycles. The maximum Gasteiger partial charge on any atom is 0.169 e. The molecular weight excluding hydrogens is 207 g/mol. The van der Waals surface area contributed by atoms with E-state index >= 15 is 0 Å². The zero-order valence-electron chi connectivity index (χ0n) is 9.58. The monoisotopic (exact) mass is 224 g/mol. The van der Waals surface area contributed by atoms with Gasteiger partial charge in [-0.15, -0.1) is 0 Å². The first kappa shape index (κ1) is 11.2. The van der Waals surface area contributed by atoms with Crippen molar-refractivity contribution in [2.45, 2.75) is 26.2 Å². The van der Waals surface area contributed by atoms with Crippen LogP contribution in [0.2, 0.25) is 0 Å². The summed E-state index contributed by atoms with van der Waals surface area (Å²) in [7, 11) is 0. The van der Waals surface area contributed by atoms with E-state index in [1.807, 2.05) is 11.8 Å². The first-order valence-corrected chi connectivity index (χ1v) is 5.84. The number of pyridine rings is 1. The van der Waals surface area contributed by atoms with Crippen LogP contribution in [0.25, 0.3) is 0 Å². The summed E-state index contributed by atoms with van der Waals surface area (Å²) in [4.78, 5) is 6.12. The van der Waals surface area contributed by atoms with Gasteiger partial charge in [0, 0.05) is 19.2 Å². The molecule has 2 rings (SSSR count). The van der Waals surface area contributed by atoms with Crippen LogP contribution in [-0.2, 0) is 0 Å². The Morgan fingerprint density at radius 3 is 2.81 bits per heavy atom. The fraction of sp³-hybridized carbons (Fsp3) is 0.583. The van der Waals surface area contributed by atoms with Crippen molar-refractivity contribution in [1.82, 2.24) is 4.98 Å². The largest absolute Gasteiger partial charge is 0.492 e. The molecule has 0 aromatic carbocycles. The molecule has 1 aliphatic rings. The summed E-state index contributed by atoms with van der Waals surface area (Å²) in [6.45, 7) is 4.42. The van der Waals surface area contributed by atoms with Crippen LogP contribution in [0.3, 0.4) is 0 Å². The average molecular weight is 224 g/mol. The lowest BCUT2D eigenvalue weighted by atomic mass is 10.4. The lowest BCUT2D eigenvalue weighted by Crippen LogP contribution is -2.20. The van der Waals surface area contributed by atoms with Crippen molar-refractivity contribution in [2.24, 2.45) is 0 Å². The van der Waals surface area contributed by atoms with Gasteiger partial charge in [0.1, 0.15) is 5.75 Å². The van der Waals surface area contributed by atoms with Crippen LogP contribution in [0.1, 0.15) is 26.2 Å². The molecular formula is C12H17FN2O. The molecule has 0 atom stereocenters. The van der Waals surface area contributed by atoms with E-state index in [4.69, 9.17) is 4.74 Å². The van der Waals surface area contributed by atoms with Gasteiger partial charge in [-0.05, 0) is 19.3 Å². The van der Waals surface area contributed by atoms with Crippen LogP contribution in [0.5, 0.6) is 5.75 Å². The Balaban J connectivity index is 2.09. The zero-order valence-corrected chi connectivity index (χ0v) is 9.58. The van der Waals surface area contributed by atoms with E-state index in [2.05, 4.69) is 4.98 Å². The second kappa shape index (κ2) is 5.14. The van der Waals surface area contributed by atoms with Gasteiger partial charge in [0.2, 0.25) is 0 Å². The molecule has 0 unspecified atom stereocenters. The molecule has 4 heteroatoms. The summed E-state index contributed by atoms with van der Waals surface area (Å²) in [6.07, 6.45) is 4.76. The van der Waals surface area contributed by atoms with E-state index in [1.54, 1.807) is 6.20 Å². The van der Waals surface area contributed by atoms with Gasteiger partial charge >= 0.3 is 0 Å². The van der Waals surface area contributed by atoms with Gasteiger partial charge in [0.25, 0.3) is 0 Å². The highest BCUT2D eigenvalue weighted by Gasteiger charge is 2.17. The van der Waals surface area contributed by atoms with Crippen LogP contribution >= 0.6 is 0 Å². The fourth-order valence-corrected chi connectivity index (χ4v) is 1.87. The van der Waals surface area contributed by atoms with Crippen LogP contribution < -0.4 is 9.64 Å². The minimum absolute atomic E-state index is 0.282. The Hall–Kier alpha value is -1.32. The molecule has 0 aliphatic carbocycles. The van der Waals surface area contributed by atoms with Gasteiger partial charge in [0.05, 0.1) is 12.8 Å². The number of ether oxygens (including phenoxy) is 1. The molecule has 1 aromatic rings. The van der Waals surface area contributed by atoms with Crippen molar-refractivity contribution in [1.29, 1.82) is 0 Å². The second-order valence-electron chi connectivity index (χ2n) is 4.02. The van der Waals surface area contributed by atoms with Gasteiger partial charge in [-0.1, -0.05) is 6.92 Å². The summed E-state index contributed by atoms with van der Waals surface area (Å²) in [5.74, 6) is 0.694. The summed E-state index contributed by atoms with van der Waals surface area (Å²) in [5.41, 5.74) is 0. The highest BCUT2D eigenvalue weighted by Crippen LogP contribution is 2.24. The van der Waals surface area contributed by atoms with Gasteiger partial charge in [-0.25, -0.2) is 9.37 Å². The zero-order chi connectivity index (χ0) is 11.4. The Morgan fingerprint density at radius 1 is 1.44 bits per heavy atom. The van der Waals surface area contributed by atoms with Crippen molar-refractivity contribution < 1.29 is 9.13 Å². The Kier molecular flexibility index (Phi) is 3.59. The fourth-order valence-electron chi connectivity index (χ4n) is 1.87.